The third-order valence-corrected chi connectivity index (χ3v) is 3.83. The second-order valence-electron chi connectivity index (χ2n) is 6.24. The average molecular weight is 303 g/mol. The highest BCUT2D eigenvalue weighted by Crippen LogP contribution is 2.29. The Morgan fingerprint density at radius 3 is 2.55 bits per heavy atom. The van der Waals surface area contributed by atoms with Gasteiger partial charge in [0.25, 0.3) is 0 Å². The normalized spacial score (nSPS) is 13.1. The maximum Gasteiger partial charge on any atom is 0.309 e. The van der Waals surface area contributed by atoms with E-state index in [1.165, 1.54) is 13.8 Å². The fourth-order valence-corrected chi connectivity index (χ4v) is 2.44. The van der Waals surface area contributed by atoms with Gasteiger partial charge in [-0.25, -0.2) is 0 Å². The van der Waals surface area contributed by atoms with Crippen LogP contribution in [0.4, 0.5) is 0 Å². The number of aryl methyl sites for hydroxylation is 1. The van der Waals surface area contributed by atoms with E-state index >= 15 is 0 Å². The lowest BCUT2D eigenvalue weighted by Gasteiger charge is -2.20. The van der Waals surface area contributed by atoms with Crippen LogP contribution in [0.5, 0.6) is 0 Å². The molecule has 22 heavy (non-hydrogen) atoms. The third-order valence-electron chi connectivity index (χ3n) is 3.83. The van der Waals surface area contributed by atoms with Crippen LogP contribution in [0.1, 0.15) is 44.6 Å². The molecule has 0 bridgehead atoms. The Labute approximate surface area is 129 Å². The van der Waals surface area contributed by atoms with Gasteiger partial charge in [0.2, 0.25) is 5.91 Å². The zero-order valence-corrected chi connectivity index (χ0v) is 13.3. The molecular weight excluding hydrogens is 282 g/mol. The number of fused-ring (bicyclic) bond motifs is 1. The van der Waals surface area contributed by atoms with Crippen LogP contribution in [-0.2, 0) is 9.59 Å². The van der Waals surface area contributed by atoms with Crippen molar-refractivity contribution in [3.63, 3.8) is 0 Å². The first kappa shape index (κ1) is 16.1. The lowest BCUT2D eigenvalue weighted by molar-refractivity contribution is -0.149. The topological polar surface area (TPSA) is 79.5 Å². The van der Waals surface area contributed by atoms with E-state index in [-0.39, 0.29) is 18.4 Å². The summed E-state index contributed by atoms with van der Waals surface area (Å²) in [6.07, 6.45) is -0.0774. The van der Waals surface area contributed by atoms with Gasteiger partial charge in [0.1, 0.15) is 11.3 Å². The molecule has 1 atom stereocenters. The minimum Gasteiger partial charge on any atom is -0.481 e. The molecule has 0 saturated heterocycles. The minimum absolute atomic E-state index is 0.0774. The standard InChI is InChI=1S/C17H21NO4/c1-10-12-7-5-6-8-13(12)22-15(10)11(2)18-14(19)9-17(3,4)16(20)21/h5-8,11H,9H2,1-4H3,(H,18,19)(H,20,21)/t11-/m1/s1. The van der Waals surface area contributed by atoms with E-state index in [2.05, 4.69) is 5.32 Å². The second-order valence-corrected chi connectivity index (χ2v) is 6.24. The Balaban J connectivity index is 2.14. The summed E-state index contributed by atoms with van der Waals surface area (Å²) in [4.78, 5) is 23.1. The number of hydrogen-bond donors (Lipinski definition) is 2. The van der Waals surface area contributed by atoms with E-state index in [0.29, 0.717) is 5.76 Å². The molecule has 1 heterocycles. The van der Waals surface area contributed by atoms with Crippen LogP contribution in [0.2, 0.25) is 0 Å². The van der Waals surface area contributed by atoms with Crippen molar-refractivity contribution in [2.75, 3.05) is 0 Å². The van der Waals surface area contributed by atoms with Crippen molar-refractivity contribution in [1.29, 1.82) is 0 Å². The quantitative estimate of drug-likeness (QED) is 0.887. The smallest absolute Gasteiger partial charge is 0.309 e. The number of carboxylic acids is 1. The van der Waals surface area contributed by atoms with Gasteiger partial charge in [0.15, 0.2) is 0 Å². The summed E-state index contributed by atoms with van der Waals surface area (Å²) in [5.41, 5.74) is 0.676. The van der Waals surface area contributed by atoms with Crippen molar-refractivity contribution in [3.05, 3.63) is 35.6 Å². The predicted octanol–water partition coefficient (Wildman–Crippen LogP) is 3.42. The van der Waals surface area contributed by atoms with Gasteiger partial charge < -0.3 is 14.8 Å². The third kappa shape index (κ3) is 3.13. The number of hydrogen-bond acceptors (Lipinski definition) is 3. The number of amides is 1. The molecule has 2 rings (SSSR count). The monoisotopic (exact) mass is 303 g/mol. The second kappa shape index (κ2) is 5.83. The van der Waals surface area contributed by atoms with Crippen LogP contribution >= 0.6 is 0 Å². The Morgan fingerprint density at radius 2 is 1.95 bits per heavy atom. The summed E-state index contributed by atoms with van der Waals surface area (Å²) in [7, 11) is 0. The molecular formula is C17H21NO4. The highest BCUT2D eigenvalue weighted by atomic mass is 16.4. The van der Waals surface area contributed by atoms with Gasteiger partial charge in [0, 0.05) is 17.4 Å². The molecule has 2 aromatic rings. The van der Waals surface area contributed by atoms with Crippen molar-refractivity contribution in [2.24, 2.45) is 5.41 Å². The summed E-state index contributed by atoms with van der Waals surface area (Å²) in [5.74, 6) is -0.599. The molecule has 5 heteroatoms. The van der Waals surface area contributed by atoms with Gasteiger partial charge in [-0.15, -0.1) is 0 Å². The van der Waals surface area contributed by atoms with Crippen molar-refractivity contribution in [2.45, 2.75) is 40.2 Å². The van der Waals surface area contributed by atoms with E-state index in [4.69, 9.17) is 9.52 Å². The molecule has 2 N–H and O–H groups in total. The molecule has 118 valence electrons. The zero-order chi connectivity index (χ0) is 16.5. The number of aliphatic carboxylic acids is 1. The maximum absolute atomic E-state index is 12.1. The van der Waals surface area contributed by atoms with Gasteiger partial charge in [0.05, 0.1) is 11.5 Å². The number of rotatable bonds is 5. The number of furan rings is 1. The molecule has 0 radical (unpaired) electrons. The summed E-state index contributed by atoms with van der Waals surface area (Å²) in [5, 5.41) is 12.9. The molecule has 0 saturated carbocycles. The Morgan fingerprint density at radius 1 is 1.32 bits per heavy atom. The van der Waals surface area contributed by atoms with Crippen LogP contribution in [-0.4, -0.2) is 17.0 Å². The maximum atomic E-state index is 12.1. The Bertz CT molecular complexity index is 715. The van der Waals surface area contributed by atoms with Crippen molar-refractivity contribution >= 4 is 22.8 Å². The highest BCUT2D eigenvalue weighted by molar-refractivity contribution is 5.85. The van der Waals surface area contributed by atoms with E-state index < -0.39 is 11.4 Å². The summed E-state index contributed by atoms with van der Waals surface area (Å²) in [6, 6.07) is 7.37. The number of carbonyl (C=O) groups is 2. The first-order chi connectivity index (χ1) is 10.2. The molecule has 5 nitrogen and oxygen atoms in total. The van der Waals surface area contributed by atoms with Gasteiger partial charge in [-0.2, -0.15) is 0 Å². The molecule has 0 aliphatic carbocycles. The van der Waals surface area contributed by atoms with Crippen LogP contribution in [0.3, 0.4) is 0 Å². The molecule has 1 amide bonds. The number of nitrogens with one attached hydrogen (secondary N) is 1. The highest BCUT2D eigenvalue weighted by Gasteiger charge is 2.31. The van der Waals surface area contributed by atoms with E-state index in [1.54, 1.807) is 0 Å². The van der Waals surface area contributed by atoms with Crippen molar-refractivity contribution in [1.82, 2.24) is 5.32 Å². The molecule has 1 aromatic carbocycles. The number of carboxylic acid groups (broad SMARTS) is 1. The number of carbonyl (C=O) groups excluding carboxylic acids is 1. The number of benzene rings is 1. The van der Waals surface area contributed by atoms with Crippen LogP contribution in [0, 0.1) is 12.3 Å². The first-order valence-corrected chi connectivity index (χ1v) is 7.23. The Hall–Kier alpha value is -2.30. The molecule has 0 unspecified atom stereocenters. The number of para-hydroxylation sites is 1. The lowest BCUT2D eigenvalue weighted by atomic mass is 9.89. The van der Waals surface area contributed by atoms with Gasteiger partial charge in [-0.1, -0.05) is 18.2 Å². The van der Waals surface area contributed by atoms with Crippen molar-refractivity contribution < 1.29 is 19.1 Å². The van der Waals surface area contributed by atoms with E-state index in [1.807, 2.05) is 38.1 Å². The van der Waals surface area contributed by atoms with Crippen LogP contribution < -0.4 is 5.32 Å². The summed E-state index contributed by atoms with van der Waals surface area (Å²) < 4.78 is 5.81. The van der Waals surface area contributed by atoms with E-state index in [9.17, 15) is 9.59 Å². The fraction of sp³-hybridized carbons (Fsp3) is 0.412. The molecule has 0 fully saturated rings. The van der Waals surface area contributed by atoms with E-state index in [0.717, 1.165) is 16.5 Å². The molecule has 0 aliphatic rings. The molecule has 0 spiro atoms. The zero-order valence-electron chi connectivity index (χ0n) is 13.3. The van der Waals surface area contributed by atoms with Crippen molar-refractivity contribution in [3.8, 4) is 0 Å². The SMILES string of the molecule is Cc1c([C@@H](C)NC(=O)CC(C)(C)C(=O)O)oc2ccccc12. The Kier molecular flexibility index (Phi) is 4.26. The fourth-order valence-electron chi connectivity index (χ4n) is 2.44. The first-order valence-electron chi connectivity index (χ1n) is 7.23. The van der Waals surface area contributed by atoms with Gasteiger partial charge in [-0.05, 0) is 33.8 Å². The molecule has 1 aromatic heterocycles. The lowest BCUT2D eigenvalue weighted by Crippen LogP contribution is -2.34. The predicted molar refractivity (Wildman–Crippen MR) is 83.5 cm³/mol. The summed E-state index contributed by atoms with van der Waals surface area (Å²) in [6.45, 7) is 6.85. The van der Waals surface area contributed by atoms with Gasteiger partial charge in [-0.3, -0.25) is 9.59 Å². The largest absolute Gasteiger partial charge is 0.481 e. The van der Waals surface area contributed by atoms with Gasteiger partial charge >= 0.3 is 5.97 Å². The summed E-state index contributed by atoms with van der Waals surface area (Å²) >= 11 is 0. The average Bonchev–Trinajstić information content (AvgIpc) is 2.76. The molecule has 0 aliphatic heterocycles. The van der Waals surface area contributed by atoms with Crippen LogP contribution in [0.15, 0.2) is 28.7 Å². The minimum atomic E-state index is -1.09. The van der Waals surface area contributed by atoms with Crippen LogP contribution in [0.25, 0.3) is 11.0 Å².